The van der Waals surface area contributed by atoms with E-state index in [0.717, 1.165) is 0 Å². The lowest BCUT2D eigenvalue weighted by Gasteiger charge is -2.04. The highest BCUT2D eigenvalue weighted by molar-refractivity contribution is 6.13. The zero-order valence-corrected chi connectivity index (χ0v) is 11.9. The van der Waals surface area contributed by atoms with Crippen molar-refractivity contribution in [1.29, 1.82) is 0 Å². The second kappa shape index (κ2) is 6.15. The van der Waals surface area contributed by atoms with Crippen molar-refractivity contribution in [3.05, 3.63) is 71.4 Å². The summed E-state index contributed by atoms with van der Waals surface area (Å²) in [7, 11) is 0. The third kappa shape index (κ3) is 3.44. The van der Waals surface area contributed by atoms with Gasteiger partial charge in [0.05, 0.1) is 5.56 Å². The van der Waals surface area contributed by atoms with Crippen LogP contribution in [0.2, 0.25) is 0 Å². The Labute approximate surface area is 131 Å². The molecule has 6 heteroatoms. The summed E-state index contributed by atoms with van der Waals surface area (Å²) in [6, 6.07) is 14.7. The summed E-state index contributed by atoms with van der Waals surface area (Å²) in [6.07, 6.45) is 1.53. The summed E-state index contributed by atoms with van der Waals surface area (Å²) >= 11 is 0. The highest BCUT2D eigenvalue weighted by atomic mass is 16.5. The van der Waals surface area contributed by atoms with Gasteiger partial charge < -0.3 is 10.1 Å². The van der Waals surface area contributed by atoms with Gasteiger partial charge in [-0.15, -0.1) is 0 Å². The molecular formula is C17H12N2O4. The number of imide groups is 1. The third-order valence-electron chi connectivity index (χ3n) is 3.13. The Kier molecular flexibility index (Phi) is 3.88. The van der Waals surface area contributed by atoms with E-state index in [0.29, 0.717) is 16.9 Å². The summed E-state index contributed by atoms with van der Waals surface area (Å²) in [6.45, 7) is 0. The number of rotatable bonds is 3. The number of hydrogen-bond donors (Lipinski definition) is 2. The first-order valence-corrected chi connectivity index (χ1v) is 6.83. The van der Waals surface area contributed by atoms with Gasteiger partial charge in [0.15, 0.2) is 0 Å². The van der Waals surface area contributed by atoms with Crippen molar-refractivity contribution in [2.24, 2.45) is 0 Å². The minimum Gasteiger partial charge on any atom is -0.423 e. The fourth-order valence-corrected chi connectivity index (χ4v) is 2.02. The molecule has 1 aliphatic heterocycles. The Morgan fingerprint density at radius 2 is 1.61 bits per heavy atom. The number of esters is 1. The lowest BCUT2D eigenvalue weighted by Crippen LogP contribution is -2.22. The number of amides is 3. The predicted octanol–water partition coefficient (Wildman–Crippen LogP) is 2.09. The van der Waals surface area contributed by atoms with Crippen LogP contribution in [0.1, 0.15) is 15.9 Å². The average molecular weight is 308 g/mol. The van der Waals surface area contributed by atoms with Crippen molar-refractivity contribution in [3.8, 4) is 5.75 Å². The summed E-state index contributed by atoms with van der Waals surface area (Å²) in [5.41, 5.74) is 1.32. The van der Waals surface area contributed by atoms with Crippen molar-refractivity contribution in [1.82, 2.24) is 10.6 Å². The van der Waals surface area contributed by atoms with E-state index in [-0.39, 0.29) is 5.70 Å². The Morgan fingerprint density at radius 3 is 2.22 bits per heavy atom. The van der Waals surface area contributed by atoms with E-state index in [1.54, 1.807) is 48.5 Å². The van der Waals surface area contributed by atoms with Crippen LogP contribution in [0.5, 0.6) is 5.75 Å². The normalized spacial score (nSPS) is 15.2. The number of nitrogens with one attached hydrogen (secondary N) is 2. The van der Waals surface area contributed by atoms with E-state index in [1.165, 1.54) is 6.08 Å². The summed E-state index contributed by atoms with van der Waals surface area (Å²) in [5, 5.41) is 4.51. The Morgan fingerprint density at radius 1 is 0.913 bits per heavy atom. The molecule has 2 aromatic rings. The highest BCUT2D eigenvalue weighted by Crippen LogP contribution is 2.16. The van der Waals surface area contributed by atoms with Crippen LogP contribution in [0.4, 0.5) is 4.79 Å². The monoisotopic (exact) mass is 308 g/mol. The van der Waals surface area contributed by atoms with Crippen molar-refractivity contribution in [2.45, 2.75) is 0 Å². The zero-order chi connectivity index (χ0) is 16.2. The van der Waals surface area contributed by atoms with Crippen LogP contribution < -0.4 is 15.4 Å². The van der Waals surface area contributed by atoms with E-state index in [9.17, 15) is 14.4 Å². The maximum absolute atomic E-state index is 11.9. The quantitative estimate of drug-likeness (QED) is 0.393. The molecule has 0 saturated carbocycles. The number of hydrogen-bond acceptors (Lipinski definition) is 4. The molecule has 0 aromatic heterocycles. The molecule has 2 aromatic carbocycles. The van der Waals surface area contributed by atoms with E-state index < -0.39 is 17.9 Å². The first kappa shape index (κ1) is 14.5. The van der Waals surface area contributed by atoms with E-state index >= 15 is 0 Å². The van der Waals surface area contributed by atoms with Gasteiger partial charge in [-0.05, 0) is 35.9 Å². The van der Waals surface area contributed by atoms with E-state index in [2.05, 4.69) is 10.6 Å². The Balaban J connectivity index is 1.70. The first-order chi connectivity index (χ1) is 11.1. The molecule has 1 fully saturated rings. The average Bonchev–Trinajstić information content (AvgIpc) is 2.87. The van der Waals surface area contributed by atoms with E-state index in [1.807, 2.05) is 6.07 Å². The largest absolute Gasteiger partial charge is 0.423 e. The van der Waals surface area contributed by atoms with Crippen LogP contribution in [0.15, 0.2) is 60.3 Å². The molecule has 23 heavy (non-hydrogen) atoms. The Hall–Kier alpha value is -3.41. The number of carbonyl (C=O) groups is 3. The molecule has 0 radical (unpaired) electrons. The maximum atomic E-state index is 11.9. The number of urea groups is 1. The molecule has 2 N–H and O–H groups in total. The van der Waals surface area contributed by atoms with Gasteiger partial charge in [-0.25, -0.2) is 9.59 Å². The fourth-order valence-electron chi connectivity index (χ4n) is 2.02. The van der Waals surface area contributed by atoms with E-state index in [4.69, 9.17) is 4.74 Å². The summed E-state index contributed by atoms with van der Waals surface area (Å²) < 4.78 is 5.25. The molecule has 0 bridgehead atoms. The highest BCUT2D eigenvalue weighted by Gasteiger charge is 2.22. The molecular weight excluding hydrogens is 296 g/mol. The van der Waals surface area contributed by atoms with Crippen LogP contribution >= 0.6 is 0 Å². The Bertz CT molecular complexity index is 795. The van der Waals surface area contributed by atoms with Crippen LogP contribution in [-0.4, -0.2) is 17.9 Å². The predicted molar refractivity (Wildman–Crippen MR) is 82.5 cm³/mol. The van der Waals surface area contributed by atoms with Crippen molar-refractivity contribution in [3.63, 3.8) is 0 Å². The standard InChI is InChI=1S/C17H12N2O4/c20-15-14(18-17(22)19-15)10-11-6-8-13(9-7-11)23-16(21)12-4-2-1-3-5-12/h1-10H,(H2,18,19,20,22)/b14-10+. The molecule has 3 rings (SSSR count). The number of ether oxygens (including phenoxy) is 1. The van der Waals surface area contributed by atoms with Crippen LogP contribution in [0.25, 0.3) is 6.08 Å². The molecule has 3 amide bonds. The van der Waals surface area contributed by atoms with Crippen molar-refractivity contribution in [2.75, 3.05) is 0 Å². The second-order valence-corrected chi connectivity index (χ2v) is 4.79. The summed E-state index contributed by atoms with van der Waals surface area (Å²) in [4.78, 5) is 34.4. The molecule has 0 spiro atoms. The van der Waals surface area contributed by atoms with Gasteiger partial charge in [0.1, 0.15) is 11.4 Å². The molecule has 1 heterocycles. The summed E-state index contributed by atoms with van der Waals surface area (Å²) in [5.74, 6) is -0.533. The molecule has 0 unspecified atom stereocenters. The van der Waals surface area contributed by atoms with Gasteiger partial charge >= 0.3 is 12.0 Å². The van der Waals surface area contributed by atoms with Crippen LogP contribution in [0.3, 0.4) is 0 Å². The number of carbonyl (C=O) groups excluding carboxylic acids is 3. The van der Waals surface area contributed by atoms with Gasteiger partial charge in [0, 0.05) is 0 Å². The van der Waals surface area contributed by atoms with Crippen molar-refractivity contribution >= 4 is 24.0 Å². The minimum atomic E-state index is -0.547. The second-order valence-electron chi connectivity index (χ2n) is 4.79. The third-order valence-corrected chi connectivity index (χ3v) is 3.13. The SMILES string of the molecule is O=C1NC(=O)/C(=C\c2ccc(OC(=O)c3ccccc3)cc2)N1. The molecule has 1 saturated heterocycles. The number of benzene rings is 2. The maximum Gasteiger partial charge on any atom is 0.343 e. The smallest absolute Gasteiger partial charge is 0.343 e. The van der Waals surface area contributed by atoms with Gasteiger partial charge in [-0.2, -0.15) is 0 Å². The lowest BCUT2D eigenvalue weighted by molar-refractivity contribution is -0.115. The van der Waals surface area contributed by atoms with Gasteiger partial charge in [-0.1, -0.05) is 30.3 Å². The molecule has 114 valence electrons. The molecule has 1 aliphatic rings. The minimum absolute atomic E-state index is 0.170. The lowest BCUT2D eigenvalue weighted by atomic mass is 10.2. The first-order valence-electron chi connectivity index (χ1n) is 6.83. The van der Waals surface area contributed by atoms with Gasteiger partial charge in [0.25, 0.3) is 5.91 Å². The zero-order valence-electron chi connectivity index (χ0n) is 11.9. The van der Waals surface area contributed by atoms with Gasteiger partial charge in [0.2, 0.25) is 0 Å². The molecule has 0 aliphatic carbocycles. The van der Waals surface area contributed by atoms with Crippen LogP contribution in [-0.2, 0) is 4.79 Å². The van der Waals surface area contributed by atoms with Crippen molar-refractivity contribution < 1.29 is 19.1 Å². The molecule has 6 nitrogen and oxygen atoms in total. The fraction of sp³-hybridized carbons (Fsp3) is 0. The topological polar surface area (TPSA) is 84.5 Å². The molecule has 0 atom stereocenters. The van der Waals surface area contributed by atoms with Crippen LogP contribution in [0, 0.1) is 0 Å². The van der Waals surface area contributed by atoms with Gasteiger partial charge in [-0.3, -0.25) is 10.1 Å².